The summed E-state index contributed by atoms with van der Waals surface area (Å²) in [7, 11) is -0.766. The van der Waals surface area contributed by atoms with Crippen LogP contribution in [0.15, 0.2) is 0 Å². The Balaban J connectivity index is 4.44. The molecule has 0 rings (SSSR count). The second-order valence-electron chi connectivity index (χ2n) is 9.30. The number of nitrogens with zero attached hydrogens (tertiary/aromatic N) is 2. The molecular formula is C18H41N3O9S2+2. The third kappa shape index (κ3) is 19.8. The molecule has 0 saturated carbocycles. The molecule has 0 bridgehead atoms. The van der Waals surface area contributed by atoms with Gasteiger partial charge in [0.25, 0.3) is 0 Å². The van der Waals surface area contributed by atoms with E-state index < -0.39 is 20.8 Å². The van der Waals surface area contributed by atoms with Gasteiger partial charge in [0.15, 0.2) is 0 Å². The van der Waals surface area contributed by atoms with Crippen molar-refractivity contribution in [3.05, 3.63) is 0 Å². The Labute approximate surface area is 192 Å². The summed E-state index contributed by atoms with van der Waals surface area (Å²) in [5.74, 6) is -0.0991. The van der Waals surface area contributed by atoms with Gasteiger partial charge in [-0.1, -0.05) is 0 Å². The summed E-state index contributed by atoms with van der Waals surface area (Å²) in [4.78, 5) is 11.6. The molecule has 0 radical (unpaired) electrons. The molecule has 0 spiro atoms. The molecule has 0 fully saturated rings. The highest BCUT2D eigenvalue weighted by atomic mass is 32.3. The summed E-state index contributed by atoms with van der Waals surface area (Å²) in [6, 6.07) is 0.00170. The molecule has 0 aliphatic heterocycles. The van der Waals surface area contributed by atoms with Crippen LogP contribution >= 0.6 is 0 Å². The second kappa shape index (κ2) is 13.7. The quantitative estimate of drug-likeness (QED) is 0.134. The van der Waals surface area contributed by atoms with E-state index >= 15 is 0 Å². The van der Waals surface area contributed by atoms with Gasteiger partial charge >= 0.3 is 20.8 Å². The minimum atomic E-state index is -4.42. The fourth-order valence-electron chi connectivity index (χ4n) is 3.38. The van der Waals surface area contributed by atoms with E-state index in [2.05, 4.69) is 13.7 Å². The molecule has 14 heteroatoms. The number of hydrogen-bond donors (Lipinski definition) is 3. The van der Waals surface area contributed by atoms with Crippen LogP contribution in [0.5, 0.6) is 0 Å². The van der Waals surface area contributed by atoms with Gasteiger partial charge in [0.05, 0.1) is 67.6 Å². The van der Waals surface area contributed by atoms with Gasteiger partial charge in [-0.05, 0) is 12.8 Å². The molecule has 3 N–H and O–H groups in total. The highest BCUT2D eigenvalue weighted by molar-refractivity contribution is 7.81. The van der Waals surface area contributed by atoms with Gasteiger partial charge in [0.1, 0.15) is 0 Å². The summed E-state index contributed by atoms with van der Waals surface area (Å²) in [5, 5.41) is 2.99. The van der Waals surface area contributed by atoms with Gasteiger partial charge in [-0.15, -0.1) is 0 Å². The molecule has 12 nitrogen and oxygen atoms in total. The lowest BCUT2D eigenvalue weighted by atomic mass is 10.1. The maximum atomic E-state index is 11.6. The minimum absolute atomic E-state index is 0.00170. The first kappa shape index (κ1) is 31.1. The fourth-order valence-corrected chi connectivity index (χ4v) is 4.04. The number of nitrogens with one attached hydrogen (secondary N) is 1. The molecule has 0 aliphatic rings. The monoisotopic (exact) mass is 507 g/mol. The first-order chi connectivity index (χ1) is 14.4. The predicted molar refractivity (Wildman–Crippen MR) is 119 cm³/mol. The Morgan fingerprint density at radius 2 is 1.19 bits per heavy atom. The molecular weight excluding hydrogens is 466 g/mol. The maximum absolute atomic E-state index is 11.6. The van der Waals surface area contributed by atoms with Crippen molar-refractivity contribution in [2.45, 2.75) is 45.1 Å². The van der Waals surface area contributed by atoms with Gasteiger partial charge in [0.2, 0.25) is 5.91 Å². The van der Waals surface area contributed by atoms with Gasteiger partial charge in [-0.3, -0.25) is 13.9 Å². The van der Waals surface area contributed by atoms with Gasteiger partial charge in [-0.2, -0.15) is 16.8 Å². The molecule has 0 aromatic rings. The molecule has 0 heterocycles. The van der Waals surface area contributed by atoms with E-state index in [1.165, 1.54) is 6.92 Å². The zero-order valence-electron chi connectivity index (χ0n) is 19.8. The Kier molecular flexibility index (Phi) is 13.4. The van der Waals surface area contributed by atoms with Crippen LogP contribution in [0, 0.1) is 0 Å². The van der Waals surface area contributed by atoms with E-state index in [1.54, 1.807) is 0 Å². The molecule has 1 unspecified atom stereocenters. The lowest BCUT2D eigenvalue weighted by Gasteiger charge is -2.32. The number of hydrogen-bond acceptors (Lipinski definition) is 7. The molecule has 1 amide bonds. The summed E-state index contributed by atoms with van der Waals surface area (Å²) >= 11 is 0. The van der Waals surface area contributed by atoms with Crippen molar-refractivity contribution in [2.24, 2.45) is 0 Å². The Hall–Kier alpha value is -0.870. The molecule has 1 atom stereocenters. The van der Waals surface area contributed by atoms with Crippen molar-refractivity contribution >= 4 is 26.7 Å². The summed E-state index contributed by atoms with van der Waals surface area (Å²) < 4.78 is 69.5. The normalized spacial score (nSPS) is 14.3. The van der Waals surface area contributed by atoms with Crippen LogP contribution in [0.4, 0.5) is 0 Å². The van der Waals surface area contributed by atoms with Crippen LogP contribution in [-0.4, -0.2) is 114 Å². The van der Waals surface area contributed by atoms with Gasteiger partial charge in [-0.25, -0.2) is 8.37 Å². The molecule has 0 aliphatic carbocycles. The summed E-state index contributed by atoms with van der Waals surface area (Å²) in [6.07, 6.45) is 3.34. The van der Waals surface area contributed by atoms with Crippen LogP contribution in [0.25, 0.3) is 0 Å². The van der Waals surface area contributed by atoms with Crippen LogP contribution in [0.1, 0.15) is 39.0 Å². The topological polar surface area (TPSA) is 156 Å². The third-order valence-corrected chi connectivity index (χ3v) is 6.02. The van der Waals surface area contributed by atoms with Gasteiger partial charge in [0, 0.05) is 32.2 Å². The smallest absolute Gasteiger partial charge is 0.353 e. The number of quaternary nitrogens is 2. The van der Waals surface area contributed by atoms with Crippen LogP contribution in [-0.2, 0) is 34.0 Å². The first-order valence-electron chi connectivity index (χ1n) is 10.6. The standard InChI is InChI=1S/C18H39N3O9S2/c1-17(22)19-18(10-14-21(4,5)13-8-16-30-32(26,27)28)9-6-11-20(2,3)12-7-15-29-31(23,24)25/h18H,6-16H2,1-5H3,(H-2,19,22,23,24,25,26,27,28)/p+2. The van der Waals surface area contributed by atoms with Crippen molar-refractivity contribution in [3.63, 3.8) is 0 Å². The average molecular weight is 508 g/mol. The highest BCUT2D eigenvalue weighted by Crippen LogP contribution is 2.11. The second-order valence-corrected chi connectivity index (χ2v) is 11.5. The van der Waals surface area contributed by atoms with E-state index in [4.69, 9.17) is 9.11 Å². The Morgan fingerprint density at radius 3 is 1.59 bits per heavy atom. The summed E-state index contributed by atoms with van der Waals surface area (Å²) in [6.45, 7) is 4.24. The van der Waals surface area contributed by atoms with Crippen LogP contribution < -0.4 is 5.32 Å². The lowest BCUT2D eigenvalue weighted by Crippen LogP contribution is -2.46. The molecule has 0 aromatic heterocycles. The van der Waals surface area contributed by atoms with Crippen molar-refractivity contribution in [1.82, 2.24) is 5.32 Å². The van der Waals surface area contributed by atoms with E-state index in [1.807, 2.05) is 28.2 Å². The van der Waals surface area contributed by atoms with Crippen LogP contribution in [0.3, 0.4) is 0 Å². The lowest BCUT2D eigenvalue weighted by molar-refractivity contribution is -0.891. The van der Waals surface area contributed by atoms with E-state index in [0.717, 1.165) is 32.4 Å². The zero-order valence-corrected chi connectivity index (χ0v) is 21.5. The van der Waals surface area contributed by atoms with Crippen molar-refractivity contribution < 1.29 is 48.1 Å². The highest BCUT2D eigenvalue weighted by Gasteiger charge is 2.21. The average Bonchev–Trinajstić information content (AvgIpc) is 2.58. The van der Waals surface area contributed by atoms with E-state index in [9.17, 15) is 21.6 Å². The van der Waals surface area contributed by atoms with Crippen LogP contribution in [0.2, 0.25) is 0 Å². The predicted octanol–water partition coefficient (Wildman–Crippen LogP) is 0.233. The summed E-state index contributed by atoms with van der Waals surface area (Å²) in [5.41, 5.74) is 0. The number of amides is 1. The van der Waals surface area contributed by atoms with Gasteiger partial charge < -0.3 is 14.3 Å². The zero-order chi connectivity index (χ0) is 25.1. The molecule has 192 valence electrons. The first-order valence-corrected chi connectivity index (χ1v) is 13.3. The number of carbonyl (C=O) groups is 1. The van der Waals surface area contributed by atoms with Crippen molar-refractivity contribution in [3.8, 4) is 0 Å². The molecule has 0 aromatic carbocycles. The van der Waals surface area contributed by atoms with Crippen molar-refractivity contribution in [1.29, 1.82) is 0 Å². The van der Waals surface area contributed by atoms with E-state index in [-0.39, 0.29) is 25.2 Å². The minimum Gasteiger partial charge on any atom is -0.353 e. The molecule has 0 saturated heterocycles. The molecule has 32 heavy (non-hydrogen) atoms. The third-order valence-electron chi connectivity index (χ3n) is 5.09. The van der Waals surface area contributed by atoms with E-state index in [0.29, 0.717) is 34.9 Å². The Bertz CT molecular complexity index is 769. The Morgan fingerprint density at radius 1 is 0.781 bits per heavy atom. The number of rotatable bonds is 18. The maximum Gasteiger partial charge on any atom is 0.397 e. The van der Waals surface area contributed by atoms with Crippen molar-refractivity contribution in [2.75, 3.05) is 67.6 Å². The fraction of sp³-hybridized carbons (Fsp3) is 0.944. The largest absolute Gasteiger partial charge is 0.397 e. The number of carbonyl (C=O) groups excluding carboxylic acids is 1. The SMILES string of the molecule is CC(=O)NC(CCC[N+](C)(C)CCCOS(=O)(=O)O)CC[N+](C)(C)CCCOS(=O)(=O)O.